The summed E-state index contributed by atoms with van der Waals surface area (Å²) in [6.07, 6.45) is 0. The molecule has 168 valence electrons. The maximum Gasteiger partial charge on any atom is 0.146 e. The van der Waals surface area contributed by atoms with Gasteiger partial charge in [0.15, 0.2) is 0 Å². The van der Waals surface area contributed by atoms with Gasteiger partial charge in [0.25, 0.3) is 0 Å². The van der Waals surface area contributed by atoms with Crippen LogP contribution in [0.15, 0.2) is 103 Å². The highest BCUT2D eigenvalue weighted by Crippen LogP contribution is 2.37. The highest BCUT2D eigenvalue weighted by atomic mass is 31.2. The Hall–Kier alpha value is -3.94. The summed E-state index contributed by atoms with van der Waals surface area (Å²) in [6, 6.07) is 36.3. The van der Waals surface area contributed by atoms with E-state index in [0.29, 0.717) is 0 Å². The van der Waals surface area contributed by atoms with E-state index in [1.54, 1.807) is 0 Å². The number of rotatable bonds is 2. The third-order valence-electron chi connectivity index (χ3n) is 7.04. The van der Waals surface area contributed by atoms with Crippen LogP contribution in [-0.4, -0.2) is 22.7 Å². The van der Waals surface area contributed by atoms with Crippen molar-refractivity contribution in [3.8, 4) is 11.1 Å². The maximum absolute atomic E-state index is 12.5. The van der Waals surface area contributed by atoms with Crippen molar-refractivity contribution in [2.45, 2.75) is 0 Å². The summed E-state index contributed by atoms with van der Waals surface area (Å²) < 4.78 is 14.8. The average Bonchev–Trinajstić information content (AvgIpc) is 3.27. The van der Waals surface area contributed by atoms with Crippen molar-refractivity contribution in [3.63, 3.8) is 0 Å². The van der Waals surface area contributed by atoms with Gasteiger partial charge in [0, 0.05) is 16.1 Å². The van der Waals surface area contributed by atoms with Crippen molar-refractivity contribution in [1.82, 2.24) is 9.38 Å². The predicted octanol–water partition coefficient (Wildman–Crippen LogP) is 7.86. The van der Waals surface area contributed by atoms with E-state index >= 15 is 0 Å². The first kappa shape index (κ1) is 20.4. The molecule has 0 saturated carbocycles. The molecule has 4 heteroatoms. The van der Waals surface area contributed by atoms with Gasteiger partial charge in [-0.1, -0.05) is 72.8 Å². The summed E-state index contributed by atoms with van der Waals surface area (Å²) >= 11 is 0. The third kappa shape index (κ3) is 3.12. The largest absolute Gasteiger partial charge is 0.319 e. The first-order valence-electron chi connectivity index (χ1n) is 11.8. The Balaban J connectivity index is 1.51. The second-order valence-electron chi connectivity index (χ2n) is 9.63. The normalized spacial score (nSPS) is 12.4. The van der Waals surface area contributed by atoms with Gasteiger partial charge in [-0.2, -0.15) is 0 Å². The number of imidazole rings is 1. The maximum atomic E-state index is 12.5. The molecule has 0 aliphatic rings. The summed E-state index contributed by atoms with van der Waals surface area (Å²) in [7, 11) is -2.29. The van der Waals surface area contributed by atoms with E-state index in [9.17, 15) is 4.57 Å². The minimum atomic E-state index is -2.29. The average molecular weight is 471 g/mol. The Morgan fingerprint density at radius 2 is 1.31 bits per heavy atom. The van der Waals surface area contributed by atoms with Crippen molar-refractivity contribution in [1.29, 1.82) is 0 Å². The summed E-state index contributed by atoms with van der Waals surface area (Å²) in [6.45, 7) is 3.64. The van der Waals surface area contributed by atoms with E-state index in [-0.39, 0.29) is 0 Å². The topological polar surface area (TPSA) is 34.4 Å². The van der Waals surface area contributed by atoms with Crippen LogP contribution >= 0.6 is 7.14 Å². The number of pyridine rings is 1. The van der Waals surface area contributed by atoms with Gasteiger partial charge in [-0.25, -0.2) is 4.98 Å². The molecule has 7 rings (SSSR count). The first-order chi connectivity index (χ1) is 17.0. The van der Waals surface area contributed by atoms with Crippen LogP contribution in [0, 0.1) is 0 Å². The molecular formula is C31H23N2OP. The molecule has 0 aliphatic carbocycles. The summed E-state index contributed by atoms with van der Waals surface area (Å²) in [5.41, 5.74) is 6.58. The molecular weight excluding hydrogens is 447 g/mol. The Morgan fingerprint density at radius 3 is 2.17 bits per heavy atom. The highest BCUT2D eigenvalue weighted by Gasteiger charge is 2.15. The number of hydrogen-bond donors (Lipinski definition) is 0. The standard InChI is InChI=1S/C31H23N2OP/c1-35(2,34)24-15-13-21-17-20(11-12-22(21)18-24)23-14-16-26-25-7-3-4-8-27(25)31-32-28-9-5-6-10-29(28)33(31)30(26)19-23/h3-19H,1-2H3. The number of fused-ring (bicyclic) bond motifs is 9. The fourth-order valence-electron chi connectivity index (χ4n) is 5.24. The van der Waals surface area contributed by atoms with Crippen LogP contribution in [0.5, 0.6) is 0 Å². The number of benzene rings is 5. The lowest BCUT2D eigenvalue weighted by Gasteiger charge is -2.12. The molecule has 0 amide bonds. The van der Waals surface area contributed by atoms with Gasteiger partial charge in [-0.15, -0.1) is 0 Å². The zero-order chi connectivity index (χ0) is 23.7. The van der Waals surface area contributed by atoms with Crippen molar-refractivity contribution in [3.05, 3.63) is 103 Å². The minimum Gasteiger partial charge on any atom is -0.319 e. The van der Waals surface area contributed by atoms with E-state index in [2.05, 4.69) is 95.4 Å². The zero-order valence-corrected chi connectivity index (χ0v) is 20.5. The van der Waals surface area contributed by atoms with Crippen molar-refractivity contribution < 1.29 is 4.57 Å². The molecule has 0 fully saturated rings. The lowest BCUT2D eigenvalue weighted by atomic mass is 9.98. The third-order valence-corrected chi connectivity index (χ3v) is 8.56. The van der Waals surface area contributed by atoms with Crippen molar-refractivity contribution in [2.75, 3.05) is 13.3 Å². The summed E-state index contributed by atoms with van der Waals surface area (Å²) in [5, 5.41) is 6.78. The van der Waals surface area contributed by atoms with E-state index < -0.39 is 7.14 Å². The van der Waals surface area contributed by atoms with E-state index in [4.69, 9.17) is 4.98 Å². The van der Waals surface area contributed by atoms with Crippen LogP contribution < -0.4 is 5.30 Å². The number of nitrogens with zero attached hydrogens (tertiary/aromatic N) is 2. The molecule has 3 nitrogen and oxygen atoms in total. The van der Waals surface area contributed by atoms with E-state index in [1.165, 1.54) is 10.8 Å². The fraction of sp³-hybridized carbons (Fsp3) is 0.0645. The van der Waals surface area contributed by atoms with Crippen molar-refractivity contribution in [2.24, 2.45) is 0 Å². The highest BCUT2D eigenvalue weighted by molar-refractivity contribution is 7.70. The molecule has 7 aromatic rings. The van der Waals surface area contributed by atoms with Crippen molar-refractivity contribution >= 4 is 61.6 Å². The van der Waals surface area contributed by atoms with Crippen LogP contribution in [0.4, 0.5) is 0 Å². The molecule has 0 atom stereocenters. The molecule has 5 aromatic carbocycles. The number of aromatic nitrogens is 2. The second-order valence-corrected chi connectivity index (χ2v) is 12.9. The Morgan fingerprint density at radius 1 is 0.629 bits per heavy atom. The summed E-state index contributed by atoms with van der Waals surface area (Å²) in [5.74, 6) is 0. The van der Waals surface area contributed by atoms with Gasteiger partial charge >= 0.3 is 0 Å². The second kappa shape index (κ2) is 7.28. The predicted molar refractivity (Wildman–Crippen MR) is 150 cm³/mol. The Labute approximate surface area is 203 Å². The van der Waals surface area contributed by atoms with Crippen LogP contribution in [0.3, 0.4) is 0 Å². The number of para-hydroxylation sites is 2. The molecule has 0 unspecified atom stereocenters. The van der Waals surface area contributed by atoms with Gasteiger partial charge in [0.1, 0.15) is 12.8 Å². The minimum absolute atomic E-state index is 0.921. The van der Waals surface area contributed by atoms with Crippen LogP contribution in [0.1, 0.15) is 0 Å². The van der Waals surface area contributed by atoms with Crippen LogP contribution in [0.2, 0.25) is 0 Å². The lowest BCUT2D eigenvalue weighted by molar-refractivity contribution is 0.588. The smallest absolute Gasteiger partial charge is 0.146 e. The van der Waals surface area contributed by atoms with Gasteiger partial charge in [0.2, 0.25) is 0 Å². The zero-order valence-electron chi connectivity index (χ0n) is 19.6. The van der Waals surface area contributed by atoms with Gasteiger partial charge in [-0.3, -0.25) is 4.40 Å². The fourth-order valence-corrected chi connectivity index (χ4v) is 6.12. The van der Waals surface area contributed by atoms with Gasteiger partial charge in [0.05, 0.1) is 16.6 Å². The van der Waals surface area contributed by atoms with Gasteiger partial charge < -0.3 is 4.57 Å². The molecule has 2 heterocycles. The Bertz CT molecular complexity index is 2010. The van der Waals surface area contributed by atoms with Crippen LogP contribution in [0.25, 0.3) is 60.3 Å². The van der Waals surface area contributed by atoms with Crippen LogP contribution in [-0.2, 0) is 4.57 Å². The molecule has 0 bridgehead atoms. The SMILES string of the molecule is CP(C)(=O)c1ccc2cc(-c3ccc4c5ccccc5c5nc6ccccc6n5c4c3)ccc2c1. The van der Waals surface area contributed by atoms with E-state index in [0.717, 1.165) is 54.8 Å². The lowest BCUT2D eigenvalue weighted by Crippen LogP contribution is -2.01. The molecule has 0 saturated heterocycles. The van der Waals surface area contributed by atoms with Gasteiger partial charge in [-0.05, 0) is 70.9 Å². The number of hydrogen-bond acceptors (Lipinski definition) is 2. The summed E-state index contributed by atoms with van der Waals surface area (Å²) in [4.78, 5) is 5.00. The van der Waals surface area contributed by atoms with E-state index in [1.807, 2.05) is 25.5 Å². The molecule has 2 aromatic heterocycles. The molecule has 0 spiro atoms. The molecule has 0 N–H and O–H groups in total. The molecule has 0 radical (unpaired) electrons. The Kier molecular flexibility index (Phi) is 4.25. The quantitative estimate of drug-likeness (QED) is 0.190. The monoisotopic (exact) mass is 470 g/mol. The molecule has 0 aliphatic heterocycles. The molecule has 35 heavy (non-hydrogen) atoms. The first-order valence-corrected chi connectivity index (χ1v) is 14.4.